The molecule has 0 unspecified atom stereocenters. The Kier molecular flexibility index (Phi) is 3.07. The molecule has 8 nitrogen and oxygen atoms in total. The SMILES string of the molecule is c1ccc(-n2nnnc2N2CC[C@H](c3nc(C4CC4)no3)C2)cc1. The Morgan fingerprint density at radius 2 is 1.92 bits per heavy atom. The molecule has 0 radical (unpaired) electrons. The quantitative estimate of drug-likeness (QED) is 0.725. The fourth-order valence-electron chi connectivity index (χ4n) is 3.18. The average Bonchev–Trinajstić information content (AvgIpc) is 3.08. The van der Waals surface area contributed by atoms with Crippen LogP contribution in [0.2, 0.25) is 0 Å². The van der Waals surface area contributed by atoms with E-state index in [9.17, 15) is 0 Å². The summed E-state index contributed by atoms with van der Waals surface area (Å²) >= 11 is 0. The van der Waals surface area contributed by atoms with Crippen molar-refractivity contribution in [3.8, 4) is 5.69 Å². The van der Waals surface area contributed by atoms with Crippen LogP contribution in [0.15, 0.2) is 34.9 Å². The Labute approximate surface area is 138 Å². The second-order valence-corrected chi connectivity index (χ2v) is 6.42. The first-order valence-corrected chi connectivity index (χ1v) is 8.31. The normalized spacial score (nSPS) is 20.7. The third-order valence-electron chi connectivity index (χ3n) is 4.67. The molecule has 0 spiro atoms. The number of hydrogen-bond acceptors (Lipinski definition) is 7. The van der Waals surface area contributed by atoms with Crippen LogP contribution in [0, 0.1) is 0 Å². The lowest BCUT2D eigenvalue weighted by Gasteiger charge is -2.16. The average molecular weight is 323 g/mol. The lowest BCUT2D eigenvalue weighted by molar-refractivity contribution is 0.355. The van der Waals surface area contributed by atoms with Crippen LogP contribution in [0.4, 0.5) is 5.95 Å². The first-order valence-electron chi connectivity index (χ1n) is 8.31. The highest BCUT2D eigenvalue weighted by Crippen LogP contribution is 2.39. The molecule has 0 N–H and O–H groups in total. The van der Waals surface area contributed by atoms with E-state index in [0.717, 1.165) is 42.9 Å². The van der Waals surface area contributed by atoms with Gasteiger partial charge < -0.3 is 9.42 Å². The lowest BCUT2D eigenvalue weighted by Crippen LogP contribution is -2.23. The monoisotopic (exact) mass is 323 g/mol. The van der Waals surface area contributed by atoms with Crippen LogP contribution in [-0.4, -0.2) is 43.4 Å². The van der Waals surface area contributed by atoms with E-state index in [-0.39, 0.29) is 5.92 Å². The van der Waals surface area contributed by atoms with E-state index < -0.39 is 0 Å². The summed E-state index contributed by atoms with van der Waals surface area (Å²) < 4.78 is 7.25. The fourth-order valence-corrected chi connectivity index (χ4v) is 3.18. The molecular formula is C16H17N7O. The van der Waals surface area contributed by atoms with Crippen LogP contribution in [0.25, 0.3) is 5.69 Å². The number of benzene rings is 1. The van der Waals surface area contributed by atoms with Gasteiger partial charge in [-0.3, -0.25) is 0 Å². The molecule has 2 aliphatic rings. The molecule has 24 heavy (non-hydrogen) atoms. The summed E-state index contributed by atoms with van der Waals surface area (Å²) in [6.07, 6.45) is 3.33. The van der Waals surface area contributed by atoms with Crippen LogP contribution in [-0.2, 0) is 0 Å². The van der Waals surface area contributed by atoms with Gasteiger partial charge >= 0.3 is 0 Å². The number of para-hydroxylation sites is 1. The van der Waals surface area contributed by atoms with Gasteiger partial charge in [0.1, 0.15) is 0 Å². The highest BCUT2D eigenvalue weighted by Gasteiger charge is 2.34. The standard InChI is InChI=1S/C16H17N7O/c1-2-4-13(5-3-1)23-16(18-20-21-23)22-9-8-12(10-22)15-17-14(19-24-15)11-6-7-11/h1-5,11-12H,6-10H2/t12-/m0/s1. The van der Waals surface area contributed by atoms with Gasteiger partial charge in [-0.25, -0.2) is 0 Å². The Balaban J connectivity index is 1.37. The molecule has 122 valence electrons. The van der Waals surface area contributed by atoms with Gasteiger partial charge in [0.05, 0.1) is 11.6 Å². The highest BCUT2D eigenvalue weighted by atomic mass is 16.5. The Morgan fingerprint density at radius 1 is 1.04 bits per heavy atom. The summed E-state index contributed by atoms with van der Waals surface area (Å²) in [6, 6.07) is 9.92. The Morgan fingerprint density at radius 3 is 2.75 bits per heavy atom. The zero-order valence-electron chi connectivity index (χ0n) is 13.1. The number of tetrazole rings is 1. The number of nitrogens with zero attached hydrogens (tertiary/aromatic N) is 7. The summed E-state index contributed by atoms with van der Waals surface area (Å²) in [6.45, 7) is 1.67. The van der Waals surface area contributed by atoms with E-state index in [1.165, 1.54) is 12.8 Å². The molecule has 1 aromatic carbocycles. The molecule has 1 atom stereocenters. The third-order valence-corrected chi connectivity index (χ3v) is 4.67. The topological polar surface area (TPSA) is 85.8 Å². The van der Waals surface area contributed by atoms with Crippen molar-refractivity contribution in [1.82, 2.24) is 30.3 Å². The lowest BCUT2D eigenvalue weighted by atomic mass is 10.1. The molecule has 0 amide bonds. The number of aromatic nitrogens is 6. The summed E-state index contributed by atoms with van der Waals surface area (Å²) in [5, 5.41) is 16.3. The van der Waals surface area contributed by atoms with Gasteiger partial charge in [0, 0.05) is 19.0 Å². The van der Waals surface area contributed by atoms with E-state index in [4.69, 9.17) is 4.52 Å². The van der Waals surface area contributed by atoms with Crippen molar-refractivity contribution in [3.63, 3.8) is 0 Å². The molecular weight excluding hydrogens is 306 g/mol. The predicted molar refractivity (Wildman–Crippen MR) is 85.0 cm³/mol. The van der Waals surface area contributed by atoms with E-state index in [1.807, 2.05) is 30.3 Å². The van der Waals surface area contributed by atoms with Crippen molar-refractivity contribution in [2.24, 2.45) is 0 Å². The molecule has 1 aliphatic heterocycles. The maximum absolute atomic E-state index is 5.48. The maximum Gasteiger partial charge on any atom is 0.250 e. The molecule has 0 bridgehead atoms. The molecule has 5 rings (SSSR count). The zero-order valence-corrected chi connectivity index (χ0v) is 13.1. The molecule has 8 heteroatoms. The van der Waals surface area contributed by atoms with Crippen molar-refractivity contribution >= 4 is 5.95 Å². The van der Waals surface area contributed by atoms with Gasteiger partial charge in [0.25, 0.3) is 0 Å². The van der Waals surface area contributed by atoms with Crippen LogP contribution < -0.4 is 4.90 Å². The van der Waals surface area contributed by atoms with Crippen molar-refractivity contribution in [2.75, 3.05) is 18.0 Å². The first kappa shape index (κ1) is 13.6. The van der Waals surface area contributed by atoms with Gasteiger partial charge in [0.2, 0.25) is 11.8 Å². The van der Waals surface area contributed by atoms with E-state index in [2.05, 4.69) is 30.6 Å². The van der Waals surface area contributed by atoms with Crippen molar-refractivity contribution in [2.45, 2.75) is 31.1 Å². The molecule has 1 saturated carbocycles. The van der Waals surface area contributed by atoms with E-state index in [1.54, 1.807) is 4.68 Å². The van der Waals surface area contributed by atoms with E-state index >= 15 is 0 Å². The summed E-state index contributed by atoms with van der Waals surface area (Å²) in [7, 11) is 0. The first-order chi connectivity index (χ1) is 11.9. The van der Waals surface area contributed by atoms with E-state index in [0.29, 0.717) is 5.92 Å². The maximum atomic E-state index is 5.48. The Hall–Kier alpha value is -2.77. The van der Waals surface area contributed by atoms with Gasteiger partial charge in [-0.1, -0.05) is 28.5 Å². The summed E-state index contributed by atoms with van der Waals surface area (Å²) in [5.74, 6) is 3.14. The zero-order chi connectivity index (χ0) is 15.9. The largest absolute Gasteiger partial charge is 0.339 e. The van der Waals surface area contributed by atoms with Gasteiger partial charge in [-0.2, -0.15) is 9.67 Å². The van der Waals surface area contributed by atoms with Gasteiger partial charge in [0.15, 0.2) is 5.82 Å². The minimum atomic E-state index is 0.242. The number of anilines is 1. The van der Waals surface area contributed by atoms with Crippen LogP contribution in [0.1, 0.15) is 42.8 Å². The molecule has 1 saturated heterocycles. The minimum absolute atomic E-state index is 0.242. The number of rotatable bonds is 4. The number of hydrogen-bond donors (Lipinski definition) is 0. The van der Waals surface area contributed by atoms with Gasteiger partial charge in [-0.05, 0) is 41.8 Å². The third kappa shape index (κ3) is 2.34. The second-order valence-electron chi connectivity index (χ2n) is 6.42. The molecule has 1 aliphatic carbocycles. The predicted octanol–water partition coefficient (Wildman–Crippen LogP) is 1.92. The van der Waals surface area contributed by atoms with Crippen LogP contribution in [0.5, 0.6) is 0 Å². The summed E-state index contributed by atoms with van der Waals surface area (Å²) in [4.78, 5) is 6.77. The van der Waals surface area contributed by atoms with Gasteiger partial charge in [-0.15, -0.1) is 0 Å². The van der Waals surface area contributed by atoms with Crippen LogP contribution >= 0.6 is 0 Å². The van der Waals surface area contributed by atoms with Crippen LogP contribution in [0.3, 0.4) is 0 Å². The van der Waals surface area contributed by atoms with Crippen molar-refractivity contribution < 1.29 is 4.52 Å². The summed E-state index contributed by atoms with van der Waals surface area (Å²) in [5.41, 5.74) is 0.953. The smallest absolute Gasteiger partial charge is 0.250 e. The highest BCUT2D eigenvalue weighted by molar-refractivity contribution is 5.41. The Bertz CT molecular complexity index is 839. The minimum Gasteiger partial charge on any atom is -0.339 e. The molecule has 2 aromatic heterocycles. The van der Waals surface area contributed by atoms with Crippen molar-refractivity contribution in [3.05, 3.63) is 42.0 Å². The molecule has 3 aromatic rings. The second kappa shape index (κ2) is 5.40. The molecule has 3 heterocycles. The molecule has 2 fully saturated rings. The fraction of sp³-hybridized carbons (Fsp3) is 0.438. The van der Waals surface area contributed by atoms with Crippen molar-refractivity contribution in [1.29, 1.82) is 0 Å².